The summed E-state index contributed by atoms with van der Waals surface area (Å²) < 4.78 is 4.80. The summed E-state index contributed by atoms with van der Waals surface area (Å²) in [5.74, 6) is 0.962. The van der Waals surface area contributed by atoms with Gasteiger partial charge in [-0.3, -0.25) is 4.79 Å². The van der Waals surface area contributed by atoms with Gasteiger partial charge in [0.05, 0.1) is 10.7 Å². The largest absolute Gasteiger partial charge is 0.367 e. The molecule has 7 nitrogen and oxygen atoms in total. The number of carbonyl (C=O) groups is 1. The fourth-order valence-corrected chi connectivity index (χ4v) is 2.69. The number of pyridine rings is 1. The first-order valence-corrected chi connectivity index (χ1v) is 7.64. The molecular weight excluding hydrogens is 318 g/mol. The van der Waals surface area contributed by atoms with E-state index in [9.17, 15) is 4.79 Å². The summed E-state index contributed by atoms with van der Waals surface area (Å²) in [4.78, 5) is 22.4. The monoisotopic (exact) mass is 333 g/mol. The SMILES string of the molecule is C=C(C(=O)Nc1ccc(Cl)cn1)N1CCC[C@@H](c2ncon2)C1. The summed E-state index contributed by atoms with van der Waals surface area (Å²) in [7, 11) is 0. The van der Waals surface area contributed by atoms with E-state index in [1.54, 1.807) is 12.1 Å². The second kappa shape index (κ2) is 6.78. The number of rotatable bonds is 4. The van der Waals surface area contributed by atoms with E-state index in [4.69, 9.17) is 16.1 Å². The van der Waals surface area contributed by atoms with Crippen LogP contribution in [0, 0.1) is 0 Å². The molecule has 3 heterocycles. The van der Waals surface area contributed by atoms with E-state index in [1.165, 1.54) is 12.6 Å². The molecule has 0 bridgehead atoms. The van der Waals surface area contributed by atoms with Crippen LogP contribution in [0.4, 0.5) is 5.82 Å². The number of carbonyl (C=O) groups excluding carboxylic acids is 1. The quantitative estimate of drug-likeness (QED) is 0.865. The van der Waals surface area contributed by atoms with Gasteiger partial charge in [-0.05, 0) is 25.0 Å². The standard InChI is InChI=1S/C15H16ClN5O2/c1-10(15(22)19-13-5-4-12(16)7-17-13)21-6-2-3-11(8-21)14-18-9-23-20-14/h4-5,7,9,11H,1-3,6,8H2,(H,17,19,22)/t11-/m1/s1. The first kappa shape index (κ1) is 15.5. The van der Waals surface area contributed by atoms with Gasteiger partial charge in [-0.1, -0.05) is 23.3 Å². The van der Waals surface area contributed by atoms with Crippen molar-refractivity contribution >= 4 is 23.3 Å². The van der Waals surface area contributed by atoms with Crippen LogP contribution in [0.1, 0.15) is 24.6 Å². The average Bonchev–Trinajstić information content (AvgIpc) is 3.11. The van der Waals surface area contributed by atoms with Crippen molar-refractivity contribution in [3.63, 3.8) is 0 Å². The summed E-state index contributed by atoms with van der Waals surface area (Å²) in [5.41, 5.74) is 0.398. The topological polar surface area (TPSA) is 84.2 Å². The molecule has 120 valence electrons. The molecule has 0 spiro atoms. The third-order valence-corrected chi connectivity index (χ3v) is 4.00. The van der Waals surface area contributed by atoms with Crippen LogP contribution >= 0.6 is 11.6 Å². The summed E-state index contributed by atoms with van der Waals surface area (Å²) in [6.45, 7) is 5.31. The first-order chi connectivity index (χ1) is 11.1. The summed E-state index contributed by atoms with van der Waals surface area (Å²) >= 11 is 5.78. The van der Waals surface area contributed by atoms with E-state index in [0.29, 0.717) is 28.9 Å². The molecule has 0 unspecified atom stereocenters. The summed E-state index contributed by atoms with van der Waals surface area (Å²) in [5, 5.41) is 7.12. The molecule has 1 atom stereocenters. The number of nitrogens with zero attached hydrogens (tertiary/aromatic N) is 4. The Morgan fingerprint density at radius 2 is 2.30 bits per heavy atom. The highest BCUT2D eigenvalue weighted by molar-refractivity contribution is 6.30. The summed E-state index contributed by atoms with van der Waals surface area (Å²) in [6.07, 6.45) is 4.70. The smallest absolute Gasteiger partial charge is 0.272 e. The Labute approximate surface area is 138 Å². The van der Waals surface area contributed by atoms with Crippen LogP contribution in [0.25, 0.3) is 0 Å². The molecule has 1 saturated heterocycles. The Hall–Kier alpha value is -2.41. The van der Waals surface area contributed by atoms with Gasteiger partial charge in [0.2, 0.25) is 6.39 Å². The Bertz CT molecular complexity index is 686. The number of aromatic nitrogens is 3. The maximum absolute atomic E-state index is 12.3. The van der Waals surface area contributed by atoms with Crippen molar-refractivity contribution in [3.05, 3.63) is 47.8 Å². The molecule has 0 saturated carbocycles. The number of piperidine rings is 1. The minimum absolute atomic E-state index is 0.140. The molecule has 0 aromatic carbocycles. The van der Waals surface area contributed by atoms with Crippen molar-refractivity contribution in [2.75, 3.05) is 18.4 Å². The molecular formula is C15H16ClN5O2. The Morgan fingerprint density at radius 1 is 1.43 bits per heavy atom. The minimum atomic E-state index is -0.284. The maximum Gasteiger partial charge on any atom is 0.272 e. The number of halogens is 1. The Morgan fingerprint density at radius 3 is 3.00 bits per heavy atom. The van der Waals surface area contributed by atoms with Crippen LogP contribution in [-0.2, 0) is 4.79 Å². The number of hydrogen-bond acceptors (Lipinski definition) is 6. The number of anilines is 1. The second-order valence-corrected chi connectivity index (χ2v) is 5.77. The predicted molar refractivity (Wildman–Crippen MR) is 84.9 cm³/mol. The molecule has 0 radical (unpaired) electrons. The Balaban J connectivity index is 1.62. The average molecular weight is 334 g/mol. The fourth-order valence-electron chi connectivity index (χ4n) is 2.57. The highest BCUT2D eigenvalue weighted by atomic mass is 35.5. The first-order valence-electron chi connectivity index (χ1n) is 7.26. The van der Waals surface area contributed by atoms with Crippen molar-refractivity contribution in [3.8, 4) is 0 Å². The van der Waals surface area contributed by atoms with E-state index in [-0.39, 0.29) is 11.8 Å². The zero-order valence-corrected chi connectivity index (χ0v) is 13.2. The highest BCUT2D eigenvalue weighted by Crippen LogP contribution is 2.26. The number of hydrogen-bond donors (Lipinski definition) is 1. The van der Waals surface area contributed by atoms with Crippen molar-refractivity contribution < 1.29 is 9.32 Å². The van der Waals surface area contributed by atoms with Crippen LogP contribution in [-0.4, -0.2) is 39.0 Å². The highest BCUT2D eigenvalue weighted by Gasteiger charge is 2.27. The minimum Gasteiger partial charge on any atom is -0.367 e. The molecule has 1 amide bonds. The summed E-state index contributed by atoms with van der Waals surface area (Å²) in [6, 6.07) is 3.31. The van der Waals surface area contributed by atoms with Crippen LogP contribution in [0.3, 0.4) is 0 Å². The van der Waals surface area contributed by atoms with Crippen molar-refractivity contribution in [2.24, 2.45) is 0 Å². The molecule has 1 N–H and O–H groups in total. The molecule has 0 aliphatic carbocycles. The van der Waals surface area contributed by atoms with E-state index in [1.807, 2.05) is 4.90 Å². The van der Waals surface area contributed by atoms with Gasteiger partial charge in [0.25, 0.3) is 5.91 Å². The van der Waals surface area contributed by atoms with Gasteiger partial charge in [0.15, 0.2) is 5.82 Å². The number of nitrogens with one attached hydrogen (secondary N) is 1. The lowest BCUT2D eigenvalue weighted by Crippen LogP contribution is -2.38. The predicted octanol–water partition coefficient (Wildman–Crippen LogP) is 2.45. The number of likely N-dealkylation sites (tertiary alicyclic amines) is 1. The van der Waals surface area contributed by atoms with Crippen molar-refractivity contribution in [2.45, 2.75) is 18.8 Å². The van der Waals surface area contributed by atoms with E-state index >= 15 is 0 Å². The van der Waals surface area contributed by atoms with Crippen LogP contribution < -0.4 is 5.32 Å². The van der Waals surface area contributed by atoms with Gasteiger partial charge in [-0.25, -0.2) is 4.98 Å². The molecule has 8 heteroatoms. The maximum atomic E-state index is 12.3. The zero-order chi connectivity index (χ0) is 16.2. The van der Waals surface area contributed by atoms with E-state index < -0.39 is 0 Å². The van der Waals surface area contributed by atoms with Gasteiger partial charge in [-0.2, -0.15) is 4.98 Å². The van der Waals surface area contributed by atoms with Crippen molar-refractivity contribution in [1.82, 2.24) is 20.0 Å². The molecule has 23 heavy (non-hydrogen) atoms. The zero-order valence-electron chi connectivity index (χ0n) is 12.4. The van der Waals surface area contributed by atoms with Crippen molar-refractivity contribution in [1.29, 1.82) is 0 Å². The van der Waals surface area contributed by atoms with Gasteiger partial charge in [0.1, 0.15) is 5.82 Å². The van der Waals surface area contributed by atoms with Crippen LogP contribution in [0.2, 0.25) is 5.02 Å². The van der Waals surface area contributed by atoms with Gasteiger partial charge in [0, 0.05) is 25.2 Å². The fraction of sp³-hybridized carbons (Fsp3) is 0.333. The molecule has 2 aromatic heterocycles. The van der Waals surface area contributed by atoms with Gasteiger partial charge in [-0.15, -0.1) is 0 Å². The molecule has 1 aliphatic rings. The second-order valence-electron chi connectivity index (χ2n) is 5.34. The van der Waals surface area contributed by atoms with Crippen LogP contribution in [0.15, 0.2) is 41.5 Å². The normalized spacial score (nSPS) is 17.8. The van der Waals surface area contributed by atoms with Gasteiger partial charge < -0.3 is 14.7 Å². The van der Waals surface area contributed by atoms with Gasteiger partial charge >= 0.3 is 0 Å². The molecule has 1 fully saturated rings. The molecule has 3 rings (SSSR count). The van der Waals surface area contributed by atoms with E-state index in [2.05, 4.69) is 27.0 Å². The number of amides is 1. The Kier molecular flexibility index (Phi) is 4.57. The van der Waals surface area contributed by atoms with Crippen LogP contribution in [0.5, 0.6) is 0 Å². The molecule has 2 aromatic rings. The lowest BCUT2D eigenvalue weighted by Gasteiger charge is -2.33. The third kappa shape index (κ3) is 3.68. The lowest BCUT2D eigenvalue weighted by molar-refractivity contribution is -0.114. The molecule has 1 aliphatic heterocycles. The lowest BCUT2D eigenvalue weighted by atomic mass is 9.97. The van der Waals surface area contributed by atoms with E-state index in [0.717, 1.165) is 19.4 Å². The third-order valence-electron chi connectivity index (χ3n) is 3.78.